The second kappa shape index (κ2) is 9.82. The van der Waals surface area contributed by atoms with Crippen molar-refractivity contribution in [1.29, 1.82) is 0 Å². The van der Waals surface area contributed by atoms with Crippen LogP contribution in [-0.2, 0) is 0 Å². The van der Waals surface area contributed by atoms with Crippen molar-refractivity contribution in [2.45, 2.75) is 45.4 Å². The van der Waals surface area contributed by atoms with E-state index in [1.54, 1.807) is 6.07 Å². The minimum Gasteiger partial charge on any atom is -0.255 e. The molecule has 0 heterocycles. The largest absolute Gasteiger partial charge is 0.255 e. The smallest absolute Gasteiger partial charge is 0.131 e. The van der Waals surface area contributed by atoms with E-state index in [0.717, 1.165) is 22.6 Å². The Morgan fingerprint density at radius 2 is 1.24 bits per heavy atom. The van der Waals surface area contributed by atoms with Crippen LogP contribution in [0.2, 0.25) is 0 Å². The molecule has 0 nitrogen and oxygen atoms in total. The van der Waals surface area contributed by atoms with Gasteiger partial charge in [-0.3, -0.25) is 4.39 Å². The van der Waals surface area contributed by atoms with Crippen LogP contribution in [0.3, 0.4) is 0 Å². The van der Waals surface area contributed by atoms with E-state index in [1.807, 2.05) is 43.3 Å². The normalized spacial score (nSPS) is 18.7. The van der Waals surface area contributed by atoms with Crippen LogP contribution >= 0.6 is 0 Å². The van der Waals surface area contributed by atoms with E-state index in [-0.39, 0.29) is 5.82 Å². The standard InChI is InChI=1S/C26H27F.CH3F/c1-18-3-7-20(8-4-18)21-11-13-22(14-12-21)24-15-16-25(26(27)17-24)23-9-5-19(2)6-10-23;1-2/h5-6,9-18,20H,3-4,7-8H2,1-2H3;1H3. The third-order valence-corrected chi connectivity index (χ3v) is 6.06. The maximum Gasteiger partial charge on any atom is 0.131 e. The van der Waals surface area contributed by atoms with Gasteiger partial charge in [0.25, 0.3) is 0 Å². The summed E-state index contributed by atoms with van der Waals surface area (Å²) in [6.07, 6.45) is 5.25. The maximum atomic E-state index is 14.7. The average Bonchev–Trinajstić information content (AvgIpc) is 2.77. The van der Waals surface area contributed by atoms with Gasteiger partial charge in [-0.1, -0.05) is 86.0 Å². The van der Waals surface area contributed by atoms with Gasteiger partial charge in [0.2, 0.25) is 0 Å². The lowest BCUT2D eigenvalue weighted by Crippen LogP contribution is -2.10. The number of aryl methyl sites for hydroxylation is 1. The highest BCUT2D eigenvalue weighted by Gasteiger charge is 2.19. The van der Waals surface area contributed by atoms with E-state index in [9.17, 15) is 8.78 Å². The zero-order chi connectivity index (χ0) is 20.8. The monoisotopic (exact) mass is 392 g/mol. The molecule has 0 amide bonds. The summed E-state index contributed by atoms with van der Waals surface area (Å²) in [4.78, 5) is 0. The molecule has 0 bridgehead atoms. The van der Waals surface area contributed by atoms with Crippen molar-refractivity contribution in [1.82, 2.24) is 0 Å². The molecule has 1 fully saturated rings. The van der Waals surface area contributed by atoms with Crippen molar-refractivity contribution in [2.75, 3.05) is 7.18 Å². The SMILES string of the molecule is CF.Cc1ccc(-c2ccc(-c3ccc(C4CCC(C)CC4)cc3)cc2F)cc1. The molecule has 4 rings (SSSR count). The lowest BCUT2D eigenvalue weighted by atomic mass is 9.79. The molecule has 3 aromatic rings. The van der Waals surface area contributed by atoms with Crippen LogP contribution in [0, 0.1) is 18.7 Å². The van der Waals surface area contributed by atoms with Gasteiger partial charge in [0, 0.05) is 5.56 Å². The first kappa shape index (κ1) is 21.2. The minimum absolute atomic E-state index is 0.165. The highest BCUT2D eigenvalue weighted by Crippen LogP contribution is 2.36. The fourth-order valence-corrected chi connectivity index (χ4v) is 4.20. The van der Waals surface area contributed by atoms with Crippen molar-refractivity contribution in [3.8, 4) is 22.3 Å². The third-order valence-electron chi connectivity index (χ3n) is 6.06. The molecule has 29 heavy (non-hydrogen) atoms. The Labute approximate surface area is 173 Å². The van der Waals surface area contributed by atoms with Gasteiger partial charge in [-0.2, -0.15) is 0 Å². The molecule has 3 aromatic carbocycles. The average molecular weight is 393 g/mol. The summed E-state index contributed by atoms with van der Waals surface area (Å²) in [5.41, 5.74) is 6.22. The first-order valence-electron chi connectivity index (χ1n) is 10.4. The van der Waals surface area contributed by atoms with Gasteiger partial charge >= 0.3 is 0 Å². The number of benzene rings is 3. The summed E-state index contributed by atoms with van der Waals surface area (Å²) in [6, 6.07) is 22.3. The van der Waals surface area contributed by atoms with Crippen LogP contribution in [0.1, 0.15) is 49.7 Å². The summed E-state index contributed by atoms with van der Waals surface area (Å²) in [5, 5.41) is 0. The minimum atomic E-state index is -0.165. The van der Waals surface area contributed by atoms with Crippen molar-refractivity contribution < 1.29 is 8.78 Å². The van der Waals surface area contributed by atoms with E-state index < -0.39 is 0 Å². The van der Waals surface area contributed by atoms with Crippen molar-refractivity contribution in [3.63, 3.8) is 0 Å². The van der Waals surface area contributed by atoms with Crippen molar-refractivity contribution in [3.05, 3.63) is 83.7 Å². The molecule has 2 heteroatoms. The zero-order valence-corrected chi connectivity index (χ0v) is 17.6. The highest BCUT2D eigenvalue weighted by atomic mass is 19.1. The molecule has 0 aromatic heterocycles. The molecule has 1 aliphatic carbocycles. The van der Waals surface area contributed by atoms with E-state index in [1.165, 1.54) is 36.8 Å². The van der Waals surface area contributed by atoms with E-state index in [0.29, 0.717) is 18.7 Å². The Balaban J connectivity index is 0.00000117. The van der Waals surface area contributed by atoms with Gasteiger partial charge < -0.3 is 0 Å². The highest BCUT2D eigenvalue weighted by molar-refractivity contribution is 5.71. The van der Waals surface area contributed by atoms with Gasteiger partial charge in [-0.15, -0.1) is 0 Å². The molecule has 0 spiro atoms. The second-order valence-corrected chi connectivity index (χ2v) is 8.14. The molecular weight excluding hydrogens is 362 g/mol. The molecule has 0 aliphatic heterocycles. The molecule has 1 saturated carbocycles. The van der Waals surface area contributed by atoms with E-state index in [4.69, 9.17) is 0 Å². The van der Waals surface area contributed by atoms with E-state index in [2.05, 4.69) is 31.2 Å². The predicted octanol–water partition coefficient (Wildman–Crippen LogP) is 8.35. The van der Waals surface area contributed by atoms with Crippen LogP contribution in [0.4, 0.5) is 8.78 Å². The molecule has 0 unspecified atom stereocenters. The van der Waals surface area contributed by atoms with Gasteiger partial charge in [-0.25, -0.2) is 4.39 Å². The number of halogens is 2. The number of alkyl halides is 1. The first-order chi connectivity index (χ1) is 14.1. The summed E-state index contributed by atoms with van der Waals surface area (Å²) in [6.45, 7) is 4.40. The van der Waals surface area contributed by atoms with Crippen LogP contribution in [0.5, 0.6) is 0 Å². The Hall–Kier alpha value is -2.48. The zero-order valence-electron chi connectivity index (χ0n) is 17.6. The molecule has 0 saturated heterocycles. The Morgan fingerprint density at radius 1 is 0.690 bits per heavy atom. The van der Waals surface area contributed by atoms with Gasteiger partial charge in [0.1, 0.15) is 5.82 Å². The summed E-state index contributed by atoms with van der Waals surface area (Å²) in [5.74, 6) is 1.40. The third kappa shape index (κ3) is 5.12. The number of hydrogen-bond acceptors (Lipinski definition) is 0. The van der Waals surface area contributed by atoms with E-state index >= 15 is 0 Å². The van der Waals surface area contributed by atoms with Crippen LogP contribution in [0.15, 0.2) is 66.7 Å². The predicted molar refractivity (Wildman–Crippen MR) is 119 cm³/mol. The van der Waals surface area contributed by atoms with Gasteiger partial charge in [0.15, 0.2) is 0 Å². The van der Waals surface area contributed by atoms with Crippen LogP contribution in [0.25, 0.3) is 22.3 Å². The molecule has 1 aliphatic rings. The Bertz CT molecular complexity index is 902. The second-order valence-electron chi connectivity index (χ2n) is 8.14. The summed E-state index contributed by atoms with van der Waals surface area (Å²) < 4.78 is 24.2. The fourth-order valence-electron chi connectivity index (χ4n) is 4.20. The van der Waals surface area contributed by atoms with Gasteiger partial charge in [0.05, 0.1) is 7.18 Å². The van der Waals surface area contributed by atoms with Gasteiger partial charge in [-0.05, 0) is 59.9 Å². The van der Waals surface area contributed by atoms with Crippen molar-refractivity contribution >= 4 is 0 Å². The fraction of sp³-hybridized carbons (Fsp3) is 0.333. The summed E-state index contributed by atoms with van der Waals surface area (Å²) in [7, 11) is 0.500. The van der Waals surface area contributed by atoms with Crippen molar-refractivity contribution in [2.24, 2.45) is 5.92 Å². The molecule has 0 radical (unpaired) electrons. The quantitative estimate of drug-likeness (QED) is 0.420. The molecule has 152 valence electrons. The summed E-state index contributed by atoms with van der Waals surface area (Å²) >= 11 is 0. The molecular formula is C27H30F2. The Kier molecular flexibility index (Phi) is 7.19. The topological polar surface area (TPSA) is 0 Å². The molecule has 0 atom stereocenters. The number of rotatable bonds is 3. The first-order valence-corrected chi connectivity index (χ1v) is 10.4. The lowest BCUT2D eigenvalue weighted by molar-refractivity contribution is 0.348. The lowest BCUT2D eigenvalue weighted by Gasteiger charge is -2.26. The van der Waals surface area contributed by atoms with Crippen LogP contribution < -0.4 is 0 Å². The Morgan fingerprint density at radius 3 is 1.83 bits per heavy atom. The maximum absolute atomic E-state index is 14.7. The molecule has 0 N–H and O–H groups in total. The van der Waals surface area contributed by atoms with Crippen LogP contribution in [-0.4, -0.2) is 7.18 Å². The number of hydrogen-bond donors (Lipinski definition) is 0.